The molecule has 108 valence electrons. The van der Waals surface area contributed by atoms with Gasteiger partial charge in [0, 0.05) is 13.1 Å². The monoisotopic (exact) mass is 264 g/mol. The molecule has 0 spiro atoms. The molecule has 0 radical (unpaired) electrons. The third kappa shape index (κ3) is 2.54. The van der Waals surface area contributed by atoms with Gasteiger partial charge in [0.05, 0.1) is 5.41 Å². The molecule has 3 heteroatoms. The summed E-state index contributed by atoms with van der Waals surface area (Å²) in [5.74, 6) is 1.91. The lowest BCUT2D eigenvalue weighted by atomic mass is 9.70. The van der Waals surface area contributed by atoms with E-state index in [2.05, 4.69) is 12.2 Å². The highest BCUT2D eigenvalue weighted by atomic mass is 16.2. The Kier molecular flexibility index (Phi) is 3.36. The summed E-state index contributed by atoms with van der Waals surface area (Å²) < 4.78 is 0. The number of nitrogens with one attached hydrogen (secondary N) is 1. The second kappa shape index (κ2) is 4.76. The third-order valence-corrected chi connectivity index (χ3v) is 6.04. The minimum absolute atomic E-state index is 0.244. The Hall–Kier alpha value is -0.570. The highest BCUT2D eigenvalue weighted by molar-refractivity contribution is 5.83. The van der Waals surface area contributed by atoms with Crippen LogP contribution in [0.3, 0.4) is 0 Å². The van der Waals surface area contributed by atoms with Crippen LogP contribution in [0.4, 0.5) is 0 Å². The van der Waals surface area contributed by atoms with Gasteiger partial charge in [0.15, 0.2) is 0 Å². The summed E-state index contributed by atoms with van der Waals surface area (Å²) in [7, 11) is 0. The molecule has 0 aromatic heterocycles. The van der Waals surface area contributed by atoms with Crippen molar-refractivity contribution in [1.29, 1.82) is 0 Å². The molecule has 0 aliphatic heterocycles. The third-order valence-electron chi connectivity index (χ3n) is 6.04. The quantitative estimate of drug-likeness (QED) is 0.801. The van der Waals surface area contributed by atoms with Gasteiger partial charge in [-0.1, -0.05) is 6.92 Å². The minimum atomic E-state index is -0.258. The second-order valence-corrected chi connectivity index (χ2v) is 7.49. The van der Waals surface area contributed by atoms with Gasteiger partial charge in [0.1, 0.15) is 0 Å². The van der Waals surface area contributed by atoms with Crippen molar-refractivity contribution < 1.29 is 4.79 Å². The predicted octanol–water partition coefficient (Wildman–Crippen LogP) is 2.45. The van der Waals surface area contributed by atoms with Crippen LogP contribution in [0, 0.1) is 22.7 Å². The topological polar surface area (TPSA) is 55.1 Å². The van der Waals surface area contributed by atoms with E-state index >= 15 is 0 Å². The van der Waals surface area contributed by atoms with Crippen molar-refractivity contribution in [3.05, 3.63) is 0 Å². The molecule has 3 aliphatic carbocycles. The maximum absolute atomic E-state index is 12.6. The first-order valence-corrected chi connectivity index (χ1v) is 8.09. The molecule has 19 heavy (non-hydrogen) atoms. The van der Waals surface area contributed by atoms with Gasteiger partial charge in [-0.15, -0.1) is 0 Å². The van der Waals surface area contributed by atoms with E-state index in [9.17, 15) is 4.79 Å². The van der Waals surface area contributed by atoms with Crippen LogP contribution in [-0.2, 0) is 4.79 Å². The molecule has 0 saturated heterocycles. The van der Waals surface area contributed by atoms with Gasteiger partial charge < -0.3 is 11.1 Å². The fourth-order valence-electron chi connectivity index (χ4n) is 3.87. The summed E-state index contributed by atoms with van der Waals surface area (Å²) >= 11 is 0. The lowest BCUT2D eigenvalue weighted by molar-refractivity contribution is -0.133. The maximum Gasteiger partial charge on any atom is 0.227 e. The van der Waals surface area contributed by atoms with E-state index in [1.807, 2.05) is 0 Å². The van der Waals surface area contributed by atoms with Crippen LogP contribution in [0.25, 0.3) is 0 Å². The van der Waals surface area contributed by atoms with Crippen molar-refractivity contribution in [2.24, 2.45) is 28.4 Å². The van der Waals surface area contributed by atoms with Gasteiger partial charge in [-0.05, 0) is 68.6 Å². The van der Waals surface area contributed by atoms with Crippen molar-refractivity contribution >= 4 is 5.91 Å². The van der Waals surface area contributed by atoms with E-state index in [1.165, 1.54) is 25.7 Å². The average Bonchev–Trinajstić information content (AvgIpc) is 3.29. The van der Waals surface area contributed by atoms with Crippen LogP contribution in [0.2, 0.25) is 0 Å². The zero-order chi connectivity index (χ0) is 13.5. The van der Waals surface area contributed by atoms with E-state index in [1.54, 1.807) is 0 Å². The number of nitrogens with two attached hydrogens (primary N) is 1. The number of rotatable bonds is 5. The lowest BCUT2D eigenvalue weighted by Gasteiger charge is -2.37. The van der Waals surface area contributed by atoms with Crippen LogP contribution in [0.1, 0.15) is 58.3 Å². The number of hydrogen-bond acceptors (Lipinski definition) is 2. The van der Waals surface area contributed by atoms with Crippen LogP contribution in [-0.4, -0.2) is 19.0 Å². The molecule has 3 N–H and O–H groups in total. The van der Waals surface area contributed by atoms with E-state index in [4.69, 9.17) is 5.73 Å². The predicted molar refractivity (Wildman–Crippen MR) is 76.5 cm³/mol. The van der Waals surface area contributed by atoms with Gasteiger partial charge in [-0.3, -0.25) is 4.79 Å². The van der Waals surface area contributed by atoms with Crippen molar-refractivity contribution in [3.63, 3.8) is 0 Å². The summed E-state index contributed by atoms with van der Waals surface area (Å²) in [6, 6.07) is 0. The first kappa shape index (κ1) is 13.4. The van der Waals surface area contributed by atoms with Gasteiger partial charge in [0.2, 0.25) is 5.91 Å². The van der Waals surface area contributed by atoms with Gasteiger partial charge in [-0.2, -0.15) is 0 Å². The molecule has 3 rings (SSSR count). The van der Waals surface area contributed by atoms with E-state index in [0.717, 1.165) is 44.1 Å². The zero-order valence-corrected chi connectivity index (χ0v) is 12.2. The minimum Gasteiger partial charge on any atom is -0.355 e. The van der Waals surface area contributed by atoms with Gasteiger partial charge in [-0.25, -0.2) is 0 Å². The molecular formula is C16H28N2O. The van der Waals surface area contributed by atoms with Crippen LogP contribution in [0.15, 0.2) is 0 Å². The summed E-state index contributed by atoms with van der Waals surface area (Å²) in [6.45, 7) is 3.71. The number of carbonyl (C=O) groups excluding carboxylic acids is 1. The molecule has 0 bridgehead atoms. The van der Waals surface area contributed by atoms with Crippen LogP contribution < -0.4 is 11.1 Å². The Morgan fingerprint density at radius 1 is 1.16 bits per heavy atom. The van der Waals surface area contributed by atoms with Crippen molar-refractivity contribution in [1.82, 2.24) is 5.32 Å². The first-order valence-electron chi connectivity index (χ1n) is 8.09. The normalized spacial score (nSPS) is 36.8. The van der Waals surface area contributed by atoms with Gasteiger partial charge >= 0.3 is 0 Å². The number of amides is 1. The summed E-state index contributed by atoms with van der Waals surface area (Å²) in [4.78, 5) is 12.6. The Bertz CT molecular complexity index is 350. The first-order chi connectivity index (χ1) is 9.10. The Balaban J connectivity index is 1.56. The fraction of sp³-hybridized carbons (Fsp3) is 0.938. The van der Waals surface area contributed by atoms with Crippen molar-refractivity contribution in [2.45, 2.75) is 58.3 Å². The van der Waals surface area contributed by atoms with Crippen molar-refractivity contribution in [3.8, 4) is 0 Å². The smallest absolute Gasteiger partial charge is 0.227 e. The average molecular weight is 264 g/mol. The van der Waals surface area contributed by atoms with E-state index in [-0.39, 0.29) is 11.3 Å². The second-order valence-electron chi connectivity index (χ2n) is 7.49. The molecule has 3 saturated carbocycles. The molecule has 0 aromatic carbocycles. The highest BCUT2D eigenvalue weighted by Gasteiger charge is 2.54. The molecular weight excluding hydrogens is 236 g/mol. The molecule has 3 fully saturated rings. The van der Waals surface area contributed by atoms with Crippen molar-refractivity contribution in [2.75, 3.05) is 13.1 Å². The van der Waals surface area contributed by atoms with Crippen LogP contribution >= 0.6 is 0 Å². The van der Waals surface area contributed by atoms with Crippen LogP contribution in [0.5, 0.6) is 0 Å². The molecule has 0 aromatic rings. The van der Waals surface area contributed by atoms with E-state index < -0.39 is 0 Å². The SMILES string of the molecule is CC1CCC(CN)(C(=O)NCC2(C3CC3)CC2)CC1. The molecule has 3 aliphatic rings. The summed E-state index contributed by atoms with van der Waals surface area (Å²) in [6.07, 6.45) is 9.68. The number of carbonyl (C=O) groups is 1. The molecule has 0 unspecified atom stereocenters. The lowest BCUT2D eigenvalue weighted by Crippen LogP contribution is -2.49. The summed E-state index contributed by atoms with van der Waals surface area (Å²) in [5.41, 5.74) is 6.19. The molecule has 3 nitrogen and oxygen atoms in total. The Morgan fingerprint density at radius 3 is 2.26 bits per heavy atom. The standard InChI is InChI=1S/C16H28N2O/c1-12-4-6-15(10-17,7-5-12)14(19)18-11-16(8-9-16)13-2-3-13/h12-13H,2-11,17H2,1H3,(H,18,19). The maximum atomic E-state index is 12.6. The van der Waals surface area contributed by atoms with E-state index in [0.29, 0.717) is 12.0 Å². The Labute approximate surface area is 116 Å². The molecule has 0 atom stereocenters. The molecule has 0 heterocycles. The highest BCUT2D eigenvalue weighted by Crippen LogP contribution is 2.60. The number of hydrogen-bond donors (Lipinski definition) is 2. The zero-order valence-electron chi connectivity index (χ0n) is 12.2. The molecule has 1 amide bonds. The Morgan fingerprint density at radius 2 is 1.79 bits per heavy atom. The fourth-order valence-corrected chi connectivity index (χ4v) is 3.87. The largest absolute Gasteiger partial charge is 0.355 e. The summed E-state index contributed by atoms with van der Waals surface area (Å²) in [5, 5.41) is 3.26. The van der Waals surface area contributed by atoms with Gasteiger partial charge in [0.25, 0.3) is 0 Å².